The first-order valence-corrected chi connectivity index (χ1v) is 7.32. The molecular weight excluding hydrogens is 296 g/mol. The molecule has 0 bridgehead atoms. The Kier molecular flexibility index (Phi) is 7.47. The van der Waals surface area contributed by atoms with E-state index in [1.54, 1.807) is 29.2 Å². The summed E-state index contributed by atoms with van der Waals surface area (Å²) in [6, 6.07) is 17.5. The topological polar surface area (TPSA) is 46.3 Å². The van der Waals surface area contributed by atoms with Crippen molar-refractivity contribution in [2.24, 2.45) is 0 Å². The summed E-state index contributed by atoms with van der Waals surface area (Å²) < 4.78 is 0. The molecule has 4 heteroatoms. The number of anilines is 1. The first-order valence-electron chi connectivity index (χ1n) is 7.32. The van der Waals surface area contributed by atoms with Gasteiger partial charge in [0.2, 0.25) is 0 Å². The molecule has 0 aliphatic carbocycles. The number of nitrogens with two attached hydrogens (primary N) is 1. The Labute approximate surface area is 138 Å². The quantitative estimate of drug-likeness (QED) is 0.650. The molecule has 0 aliphatic rings. The van der Waals surface area contributed by atoms with Gasteiger partial charge in [-0.1, -0.05) is 30.3 Å². The van der Waals surface area contributed by atoms with Crippen LogP contribution in [0.5, 0.6) is 0 Å². The molecule has 0 unspecified atom stereocenters. The summed E-state index contributed by atoms with van der Waals surface area (Å²) in [5, 5.41) is 0. The number of carbonyl (C=O) groups is 1. The number of hydrogen-bond acceptors (Lipinski definition) is 2. The second-order valence-electron chi connectivity index (χ2n) is 5.29. The second kappa shape index (κ2) is 9.11. The fourth-order valence-electron chi connectivity index (χ4n) is 2.27. The van der Waals surface area contributed by atoms with Crippen molar-refractivity contribution in [2.45, 2.75) is 19.3 Å². The maximum absolute atomic E-state index is 12.2. The van der Waals surface area contributed by atoms with Gasteiger partial charge in [0.05, 0.1) is 0 Å². The van der Waals surface area contributed by atoms with Gasteiger partial charge in [0.15, 0.2) is 0 Å². The van der Waals surface area contributed by atoms with Crippen molar-refractivity contribution >= 4 is 24.0 Å². The van der Waals surface area contributed by atoms with Gasteiger partial charge in [-0.25, -0.2) is 0 Å². The highest BCUT2D eigenvalue weighted by atomic mass is 35.5. The van der Waals surface area contributed by atoms with Crippen molar-refractivity contribution in [3.63, 3.8) is 0 Å². The summed E-state index contributed by atoms with van der Waals surface area (Å²) in [6.07, 6.45) is 3.15. The number of hydrogen-bond donors (Lipinski definition) is 1. The number of aryl methyl sites for hydroxylation is 1. The Morgan fingerprint density at radius 3 is 2.27 bits per heavy atom. The van der Waals surface area contributed by atoms with Crippen LogP contribution in [0.1, 0.15) is 28.8 Å². The highest BCUT2D eigenvalue weighted by Gasteiger charge is 2.10. The van der Waals surface area contributed by atoms with Crippen molar-refractivity contribution in [1.82, 2.24) is 4.90 Å². The molecule has 2 rings (SSSR count). The lowest BCUT2D eigenvalue weighted by Crippen LogP contribution is -2.27. The van der Waals surface area contributed by atoms with Crippen LogP contribution < -0.4 is 5.73 Å². The van der Waals surface area contributed by atoms with Gasteiger partial charge in [-0.2, -0.15) is 0 Å². The van der Waals surface area contributed by atoms with Crippen molar-refractivity contribution in [1.29, 1.82) is 0 Å². The summed E-state index contributed by atoms with van der Waals surface area (Å²) in [6.45, 7) is 0.774. The zero-order chi connectivity index (χ0) is 15.1. The van der Waals surface area contributed by atoms with Crippen LogP contribution in [0.15, 0.2) is 54.6 Å². The molecule has 0 saturated carbocycles. The standard InChI is InChI=1S/C18H22N2O.ClH/c1-20(18(21)16-10-12-17(19)13-11-16)14-6-5-9-15-7-3-2-4-8-15;/h2-4,7-8,10-13H,5-6,9,14,19H2,1H3;1H. The fraction of sp³-hybridized carbons (Fsp3) is 0.278. The number of nitrogens with zero attached hydrogens (tertiary/aromatic N) is 1. The average Bonchev–Trinajstić information content (AvgIpc) is 2.52. The normalized spacial score (nSPS) is 9.86. The number of carbonyl (C=O) groups excluding carboxylic acids is 1. The summed E-state index contributed by atoms with van der Waals surface area (Å²) in [5.41, 5.74) is 8.35. The Balaban J connectivity index is 0.00000242. The minimum absolute atomic E-state index is 0. The van der Waals surface area contributed by atoms with E-state index in [0.29, 0.717) is 11.3 Å². The van der Waals surface area contributed by atoms with Gasteiger partial charge in [0.1, 0.15) is 0 Å². The first-order chi connectivity index (χ1) is 10.2. The van der Waals surface area contributed by atoms with Gasteiger partial charge in [-0.15, -0.1) is 12.4 Å². The van der Waals surface area contributed by atoms with E-state index >= 15 is 0 Å². The van der Waals surface area contributed by atoms with E-state index in [2.05, 4.69) is 24.3 Å². The number of unbranched alkanes of at least 4 members (excludes halogenated alkanes) is 1. The Bertz CT molecular complexity index is 569. The molecule has 0 atom stereocenters. The monoisotopic (exact) mass is 318 g/mol. The molecule has 2 N–H and O–H groups in total. The van der Waals surface area contributed by atoms with E-state index in [1.807, 2.05) is 13.1 Å². The summed E-state index contributed by atoms with van der Waals surface area (Å²) in [7, 11) is 1.85. The van der Waals surface area contributed by atoms with Crippen molar-refractivity contribution in [3.05, 3.63) is 65.7 Å². The Morgan fingerprint density at radius 2 is 1.64 bits per heavy atom. The van der Waals surface area contributed by atoms with Crippen LogP contribution in [0.2, 0.25) is 0 Å². The lowest BCUT2D eigenvalue weighted by molar-refractivity contribution is 0.0793. The zero-order valence-corrected chi connectivity index (χ0v) is 13.7. The van der Waals surface area contributed by atoms with Crippen LogP contribution in [-0.2, 0) is 6.42 Å². The third kappa shape index (κ3) is 5.41. The summed E-state index contributed by atoms with van der Waals surface area (Å²) in [4.78, 5) is 14.0. The molecule has 118 valence electrons. The van der Waals surface area contributed by atoms with Gasteiger partial charge in [0.25, 0.3) is 5.91 Å². The molecule has 3 nitrogen and oxygen atoms in total. The largest absolute Gasteiger partial charge is 0.399 e. The number of nitrogen functional groups attached to an aromatic ring is 1. The lowest BCUT2D eigenvalue weighted by Gasteiger charge is -2.17. The second-order valence-corrected chi connectivity index (χ2v) is 5.29. The third-order valence-corrected chi connectivity index (χ3v) is 3.56. The molecule has 0 saturated heterocycles. The smallest absolute Gasteiger partial charge is 0.253 e. The molecule has 2 aromatic carbocycles. The minimum Gasteiger partial charge on any atom is -0.399 e. The van der Waals surface area contributed by atoms with E-state index in [1.165, 1.54) is 5.56 Å². The molecule has 0 spiro atoms. The number of halogens is 1. The van der Waals surface area contributed by atoms with Gasteiger partial charge >= 0.3 is 0 Å². The number of benzene rings is 2. The van der Waals surface area contributed by atoms with E-state index in [0.717, 1.165) is 25.8 Å². The number of amides is 1. The predicted molar refractivity (Wildman–Crippen MR) is 94.4 cm³/mol. The van der Waals surface area contributed by atoms with Crippen molar-refractivity contribution in [2.75, 3.05) is 19.3 Å². The Hall–Kier alpha value is -2.00. The third-order valence-electron chi connectivity index (χ3n) is 3.56. The number of rotatable bonds is 6. The van der Waals surface area contributed by atoms with Gasteiger partial charge < -0.3 is 10.6 Å². The average molecular weight is 319 g/mol. The fourth-order valence-corrected chi connectivity index (χ4v) is 2.27. The minimum atomic E-state index is 0. The summed E-state index contributed by atoms with van der Waals surface area (Å²) >= 11 is 0. The van der Waals surface area contributed by atoms with Crippen LogP contribution in [-0.4, -0.2) is 24.4 Å². The van der Waals surface area contributed by atoms with Gasteiger partial charge in [0, 0.05) is 24.8 Å². The molecule has 0 aliphatic heterocycles. The highest BCUT2D eigenvalue weighted by molar-refractivity contribution is 5.94. The van der Waals surface area contributed by atoms with E-state index in [9.17, 15) is 4.79 Å². The van der Waals surface area contributed by atoms with Crippen molar-refractivity contribution in [3.8, 4) is 0 Å². The first kappa shape index (κ1) is 18.1. The SMILES string of the molecule is CN(CCCCc1ccccc1)C(=O)c1ccc(N)cc1.Cl. The molecule has 2 aromatic rings. The van der Waals surface area contributed by atoms with Gasteiger partial charge in [-0.3, -0.25) is 4.79 Å². The molecule has 1 amide bonds. The van der Waals surface area contributed by atoms with Crippen LogP contribution in [0.4, 0.5) is 5.69 Å². The van der Waals surface area contributed by atoms with E-state index in [4.69, 9.17) is 5.73 Å². The molecule has 0 radical (unpaired) electrons. The molecular formula is C18H23ClN2O. The summed E-state index contributed by atoms with van der Waals surface area (Å²) in [5.74, 6) is 0.0507. The predicted octanol–water partition coefficient (Wildman–Crippen LogP) is 3.79. The lowest BCUT2D eigenvalue weighted by atomic mass is 10.1. The van der Waals surface area contributed by atoms with Crippen molar-refractivity contribution < 1.29 is 4.79 Å². The van der Waals surface area contributed by atoms with Crippen LogP contribution in [0.3, 0.4) is 0 Å². The molecule has 0 aromatic heterocycles. The molecule has 0 heterocycles. The van der Waals surface area contributed by atoms with E-state index < -0.39 is 0 Å². The van der Waals surface area contributed by atoms with E-state index in [-0.39, 0.29) is 18.3 Å². The maximum atomic E-state index is 12.2. The van der Waals surface area contributed by atoms with Crippen LogP contribution in [0.25, 0.3) is 0 Å². The molecule has 0 fully saturated rings. The zero-order valence-electron chi connectivity index (χ0n) is 12.9. The van der Waals surface area contributed by atoms with Crippen LogP contribution >= 0.6 is 12.4 Å². The highest BCUT2D eigenvalue weighted by Crippen LogP contribution is 2.09. The van der Waals surface area contributed by atoms with Gasteiger partial charge in [-0.05, 0) is 49.1 Å². The van der Waals surface area contributed by atoms with Crippen LogP contribution in [0, 0.1) is 0 Å². The maximum Gasteiger partial charge on any atom is 0.253 e. The molecule has 22 heavy (non-hydrogen) atoms. The Morgan fingerprint density at radius 1 is 1.00 bits per heavy atom.